The number of aromatic carboxylic acids is 1. The first-order valence-electron chi connectivity index (χ1n) is 6.15. The van der Waals surface area contributed by atoms with E-state index in [1.165, 1.54) is 23.9 Å². The Balaban J connectivity index is 2.59. The molecule has 110 valence electrons. The highest BCUT2D eigenvalue weighted by atomic mass is 16.4. The molecule has 20 heavy (non-hydrogen) atoms. The van der Waals surface area contributed by atoms with Gasteiger partial charge in [-0.25, -0.2) is 4.79 Å². The topological polar surface area (TPSA) is 100 Å². The van der Waals surface area contributed by atoms with E-state index in [0.717, 1.165) is 0 Å². The van der Waals surface area contributed by atoms with Gasteiger partial charge in [-0.15, -0.1) is 0 Å². The summed E-state index contributed by atoms with van der Waals surface area (Å²) in [6, 6.07) is 2.98. The zero-order chi connectivity index (χ0) is 15.3. The fraction of sp³-hybridized carbons (Fsp3) is 0.462. The van der Waals surface area contributed by atoms with Gasteiger partial charge in [0.05, 0.1) is 5.41 Å². The number of carbonyl (C=O) groups excluding carboxylic acids is 2. The van der Waals surface area contributed by atoms with E-state index in [-0.39, 0.29) is 30.6 Å². The monoisotopic (exact) mass is 281 g/mol. The van der Waals surface area contributed by atoms with Gasteiger partial charge in [0.25, 0.3) is 0 Å². The molecule has 0 aliphatic heterocycles. The Morgan fingerprint density at radius 2 is 2.00 bits per heavy atom. The van der Waals surface area contributed by atoms with Crippen molar-refractivity contribution < 1.29 is 19.5 Å². The van der Waals surface area contributed by atoms with Crippen molar-refractivity contribution in [1.29, 1.82) is 0 Å². The molecule has 0 aromatic carbocycles. The first-order chi connectivity index (χ1) is 9.27. The van der Waals surface area contributed by atoms with Crippen LogP contribution >= 0.6 is 0 Å². The fourth-order valence-electron chi connectivity index (χ4n) is 1.69. The molecular formula is C13H19N3O4. The third kappa shape index (κ3) is 3.84. The van der Waals surface area contributed by atoms with Crippen molar-refractivity contribution in [2.24, 2.45) is 5.41 Å². The maximum Gasteiger partial charge on any atom is 0.352 e. The molecule has 0 spiro atoms. The predicted octanol–water partition coefficient (Wildman–Crippen LogP) is 0.0747. The lowest BCUT2D eigenvalue weighted by molar-refractivity contribution is -0.129. The van der Waals surface area contributed by atoms with E-state index in [9.17, 15) is 14.4 Å². The Morgan fingerprint density at radius 3 is 2.55 bits per heavy atom. The van der Waals surface area contributed by atoms with Gasteiger partial charge >= 0.3 is 5.97 Å². The van der Waals surface area contributed by atoms with E-state index >= 15 is 0 Å². The normalized spacial score (nSPS) is 10.9. The van der Waals surface area contributed by atoms with Crippen LogP contribution in [0.4, 0.5) is 0 Å². The molecule has 0 unspecified atom stereocenters. The third-order valence-electron chi connectivity index (χ3n) is 2.93. The predicted molar refractivity (Wildman–Crippen MR) is 72.2 cm³/mol. The van der Waals surface area contributed by atoms with Gasteiger partial charge in [0.2, 0.25) is 11.8 Å². The molecule has 0 aliphatic rings. The average molecular weight is 281 g/mol. The lowest BCUT2D eigenvalue weighted by Gasteiger charge is -2.22. The molecule has 0 aliphatic carbocycles. The number of nitrogens with one attached hydrogen (secondary N) is 2. The van der Waals surface area contributed by atoms with Crippen molar-refractivity contribution in [2.75, 3.05) is 13.6 Å². The van der Waals surface area contributed by atoms with Crippen LogP contribution in [0.1, 0.15) is 24.3 Å². The third-order valence-corrected chi connectivity index (χ3v) is 2.93. The van der Waals surface area contributed by atoms with Gasteiger partial charge in [-0.05, 0) is 26.0 Å². The van der Waals surface area contributed by atoms with Crippen LogP contribution in [0.25, 0.3) is 0 Å². The smallest absolute Gasteiger partial charge is 0.352 e. The quantitative estimate of drug-likeness (QED) is 0.687. The van der Waals surface area contributed by atoms with E-state index < -0.39 is 11.4 Å². The van der Waals surface area contributed by atoms with Crippen molar-refractivity contribution in [3.63, 3.8) is 0 Å². The molecule has 0 atom stereocenters. The Morgan fingerprint density at radius 1 is 1.35 bits per heavy atom. The summed E-state index contributed by atoms with van der Waals surface area (Å²) in [6.07, 6.45) is 1.52. The lowest BCUT2D eigenvalue weighted by atomic mass is 9.92. The largest absolute Gasteiger partial charge is 0.477 e. The molecule has 2 amide bonds. The number of amides is 2. The fourth-order valence-corrected chi connectivity index (χ4v) is 1.69. The van der Waals surface area contributed by atoms with E-state index in [1.54, 1.807) is 19.9 Å². The molecule has 7 heteroatoms. The van der Waals surface area contributed by atoms with Crippen LogP contribution in [0, 0.1) is 5.41 Å². The molecule has 3 N–H and O–H groups in total. The summed E-state index contributed by atoms with van der Waals surface area (Å²) in [5.41, 5.74) is -0.679. The van der Waals surface area contributed by atoms with Crippen LogP contribution in [0.3, 0.4) is 0 Å². The van der Waals surface area contributed by atoms with Crippen LogP contribution in [0.5, 0.6) is 0 Å². The van der Waals surface area contributed by atoms with Gasteiger partial charge in [0.1, 0.15) is 12.2 Å². The summed E-state index contributed by atoms with van der Waals surface area (Å²) in [4.78, 5) is 34.3. The number of nitrogens with zero attached hydrogens (tertiary/aromatic N) is 1. The summed E-state index contributed by atoms with van der Waals surface area (Å²) in [5.74, 6) is -1.61. The molecule has 0 fully saturated rings. The van der Waals surface area contributed by atoms with Crippen LogP contribution < -0.4 is 10.6 Å². The minimum Gasteiger partial charge on any atom is -0.477 e. The molecule has 1 rings (SSSR count). The second-order valence-electron chi connectivity index (χ2n) is 5.07. The molecule has 1 heterocycles. The Hall–Kier alpha value is -2.31. The van der Waals surface area contributed by atoms with Crippen molar-refractivity contribution in [3.8, 4) is 0 Å². The van der Waals surface area contributed by atoms with Crippen molar-refractivity contribution in [3.05, 3.63) is 24.0 Å². The second kappa shape index (κ2) is 6.23. The molecule has 0 radical (unpaired) electrons. The number of hydrogen-bond donors (Lipinski definition) is 3. The van der Waals surface area contributed by atoms with Gasteiger partial charge in [0, 0.05) is 19.8 Å². The molecule has 0 saturated heterocycles. The highest BCUT2D eigenvalue weighted by molar-refractivity contribution is 5.87. The van der Waals surface area contributed by atoms with Gasteiger partial charge < -0.3 is 20.3 Å². The standard InChI is InChI=1S/C13H19N3O4/c1-13(2,12(20)14-3)8-15-10(17)7-16-6-4-5-9(16)11(18)19/h4-6H,7-8H2,1-3H3,(H,14,20)(H,15,17)(H,18,19). The summed E-state index contributed by atoms with van der Waals surface area (Å²) in [7, 11) is 1.53. The number of aromatic nitrogens is 1. The average Bonchev–Trinajstić information content (AvgIpc) is 2.83. The Bertz CT molecular complexity index is 519. The van der Waals surface area contributed by atoms with E-state index in [2.05, 4.69) is 10.6 Å². The van der Waals surface area contributed by atoms with Gasteiger partial charge in [-0.2, -0.15) is 0 Å². The summed E-state index contributed by atoms with van der Waals surface area (Å²) < 4.78 is 1.34. The van der Waals surface area contributed by atoms with Gasteiger partial charge in [-0.3, -0.25) is 9.59 Å². The van der Waals surface area contributed by atoms with Crippen LogP contribution in [-0.4, -0.2) is 41.0 Å². The Kier molecular flexibility index (Phi) is 4.90. The zero-order valence-corrected chi connectivity index (χ0v) is 11.8. The highest BCUT2D eigenvalue weighted by Crippen LogP contribution is 2.13. The number of rotatable bonds is 6. The van der Waals surface area contributed by atoms with Crippen LogP contribution in [-0.2, 0) is 16.1 Å². The zero-order valence-electron chi connectivity index (χ0n) is 11.8. The van der Waals surface area contributed by atoms with Gasteiger partial charge in [0.15, 0.2) is 0 Å². The minimum absolute atomic E-state index is 0.0470. The summed E-state index contributed by atoms with van der Waals surface area (Å²) in [5, 5.41) is 14.1. The van der Waals surface area contributed by atoms with Gasteiger partial charge in [-0.1, -0.05) is 0 Å². The number of hydrogen-bond acceptors (Lipinski definition) is 3. The number of carboxylic acids is 1. The minimum atomic E-state index is -1.09. The molecule has 7 nitrogen and oxygen atoms in total. The SMILES string of the molecule is CNC(=O)C(C)(C)CNC(=O)Cn1cccc1C(=O)O. The maximum absolute atomic E-state index is 11.8. The summed E-state index contributed by atoms with van der Waals surface area (Å²) >= 11 is 0. The van der Waals surface area contributed by atoms with Crippen LogP contribution in [0.2, 0.25) is 0 Å². The lowest BCUT2D eigenvalue weighted by Crippen LogP contribution is -2.44. The summed E-state index contributed by atoms with van der Waals surface area (Å²) in [6.45, 7) is 3.50. The second-order valence-corrected chi connectivity index (χ2v) is 5.07. The number of carboxylic acid groups (broad SMARTS) is 1. The maximum atomic E-state index is 11.8. The van der Waals surface area contributed by atoms with E-state index in [4.69, 9.17) is 5.11 Å². The molecular weight excluding hydrogens is 262 g/mol. The van der Waals surface area contributed by atoms with E-state index in [1.807, 2.05) is 0 Å². The van der Waals surface area contributed by atoms with E-state index in [0.29, 0.717) is 0 Å². The molecule has 1 aromatic heterocycles. The highest BCUT2D eigenvalue weighted by Gasteiger charge is 2.27. The molecule has 1 aromatic rings. The van der Waals surface area contributed by atoms with Crippen molar-refractivity contribution >= 4 is 17.8 Å². The first kappa shape index (κ1) is 15.7. The first-order valence-corrected chi connectivity index (χ1v) is 6.15. The van der Waals surface area contributed by atoms with Crippen LogP contribution in [0.15, 0.2) is 18.3 Å². The Labute approximate surface area is 117 Å². The van der Waals surface area contributed by atoms with Crippen molar-refractivity contribution in [1.82, 2.24) is 15.2 Å². The molecule has 0 bridgehead atoms. The molecule has 0 saturated carbocycles. The number of carbonyl (C=O) groups is 3. The van der Waals surface area contributed by atoms with Crippen molar-refractivity contribution in [2.45, 2.75) is 20.4 Å².